The molecule has 150 valence electrons. The molecular weight excluding hydrogens is 396 g/mol. The van der Waals surface area contributed by atoms with Crippen LogP contribution >= 0.6 is 0 Å². The van der Waals surface area contributed by atoms with E-state index >= 15 is 0 Å². The molecule has 2 amide bonds. The van der Waals surface area contributed by atoms with Gasteiger partial charge in [0, 0.05) is 11.6 Å². The molecule has 1 aliphatic carbocycles. The molecule has 0 radical (unpaired) electrons. The maximum Gasteiger partial charge on any atom is 0.259 e. The summed E-state index contributed by atoms with van der Waals surface area (Å²) in [7, 11) is -1.52. The highest BCUT2D eigenvalue weighted by Crippen LogP contribution is 2.36. The second kappa shape index (κ2) is 7.54. The predicted molar refractivity (Wildman–Crippen MR) is 115 cm³/mol. The summed E-state index contributed by atoms with van der Waals surface area (Å²) in [6.45, 7) is 0.325. The summed E-state index contributed by atoms with van der Waals surface area (Å²) in [4.78, 5) is 28.8. The summed E-state index contributed by atoms with van der Waals surface area (Å²) in [6.07, 6.45) is 1.99. The van der Waals surface area contributed by atoms with E-state index in [1.165, 1.54) is 0 Å². The zero-order valence-corrected chi connectivity index (χ0v) is 17.0. The van der Waals surface area contributed by atoms with Gasteiger partial charge in [0.15, 0.2) is 0 Å². The van der Waals surface area contributed by atoms with E-state index in [0.717, 1.165) is 18.4 Å². The molecule has 1 N–H and O–H groups in total. The predicted octanol–water partition coefficient (Wildman–Crippen LogP) is 3.91. The molecule has 1 heterocycles. The highest BCUT2D eigenvalue weighted by atomic mass is 32.2. The normalized spacial score (nSPS) is 17.7. The molecule has 5 nitrogen and oxygen atoms in total. The van der Waals surface area contributed by atoms with E-state index in [2.05, 4.69) is 5.32 Å². The molecule has 1 fully saturated rings. The van der Waals surface area contributed by atoms with Gasteiger partial charge in [0.25, 0.3) is 11.8 Å². The number of fused-ring (bicyclic) bond motifs is 2. The number of carbonyl (C=O) groups excluding carboxylic acids is 2. The SMILES string of the molecule is O=C(NC1CC1)c1ccc2c(c1)N(Cc1ccccc1)C(=O)c1ccccc1S2=O. The van der Waals surface area contributed by atoms with Crippen LogP contribution in [0.5, 0.6) is 0 Å². The van der Waals surface area contributed by atoms with Crippen LogP contribution in [0.2, 0.25) is 0 Å². The van der Waals surface area contributed by atoms with Crippen molar-refractivity contribution in [2.24, 2.45) is 0 Å². The number of nitrogens with zero attached hydrogens (tertiary/aromatic N) is 1. The molecule has 5 rings (SSSR count). The summed E-state index contributed by atoms with van der Waals surface area (Å²) < 4.78 is 13.4. The highest BCUT2D eigenvalue weighted by molar-refractivity contribution is 7.85. The Labute approximate surface area is 177 Å². The molecule has 1 atom stereocenters. The lowest BCUT2D eigenvalue weighted by molar-refractivity contribution is 0.0947. The first-order valence-corrected chi connectivity index (χ1v) is 11.1. The van der Waals surface area contributed by atoms with Crippen molar-refractivity contribution in [1.29, 1.82) is 0 Å². The van der Waals surface area contributed by atoms with E-state index in [9.17, 15) is 13.8 Å². The largest absolute Gasteiger partial charge is 0.349 e. The van der Waals surface area contributed by atoms with Crippen molar-refractivity contribution in [3.63, 3.8) is 0 Å². The van der Waals surface area contributed by atoms with Gasteiger partial charge in [-0.05, 0) is 48.7 Å². The summed E-state index contributed by atoms with van der Waals surface area (Å²) in [5.41, 5.74) is 2.36. The first-order chi connectivity index (χ1) is 14.6. The van der Waals surface area contributed by atoms with Gasteiger partial charge in [0.05, 0.1) is 38.4 Å². The molecule has 1 saturated carbocycles. The van der Waals surface area contributed by atoms with Crippen LogP contribution in [0.4, 0.5) is 5.69 Å². The topological polar surface area (TPSA) is 66.5 Å². The van der Waals surface area contributed by atoms with E-state index in [1.54, 1.807) is 47.4 Å². The summed E-state index contributed by atoms with van der Waals surface area (Å²) in [6, 6.07) is 22.0. The van der Waals surface area contributed by atoms with Crippen LogP contribution in [0.15, 0.2) is 82.6 Å². The Kier molecular flexibility index (Phi) is 4.71. The molecule has 6 heteroatoms. The zero-order chi connectivity index (χ0) is 20.7. The zero-order valence-electron chi connectivity index (χ0n) is 16.2. The first kappa shape index (κ1) is 18.8. The Hall–Kier alpha value is -3.25. The average Bonchev–Trinajstić information content (AvgIpc) is 3.61. The number of rotatable bonds is 4. The van der Waals surface area contributed by atoms with Crippen LogP contribution < -0.4 is 10.2 Å². The Morgan fingerprint density at radius 3 is 2.47 bits per heavy atom. The number of benzene rings is 3. The van der Waals surface area contributed by atoms with E-state index in [1.807, 2.05) is 30.3 Å². The lowest BCUT2D eigenvalue weighted by Gasteiger charge is -2.23. The van der Waals surface area contributed by atoms with Crippen molar-refractivity contribution in [3.05, 3.63) is 89.5 Å². The van der Waals surface area contributed by atoms with Crippen molar-refractivity contribution in [2.75, 3.05) is 4.90 Å². The number of anilines is 1. The Balaban J connectivity index is 1.64. The van der Waals surface area contributed by atoms with Gasteiger partial charge >= 0.3 is 0 Å². The monoisotopic (exact) mass is 416 g/mol. The van der Waals surface area contributed by atoms with Crippen LogP contribution in [0.1, 0.15) is 39.1 Å². The molecule has 3 aromatic rings. The molecular formula is C24H20N2O3S. The van der Waals surface area contributed by atoms with Crippen molar-refractivity contribution >= 4 is 28.3 Å². The number of hydrogen-bond acceptors (Lipinski definition) is 3. The van der Waals surface area contributed by atoms with E-state index in [4.69, 9.17) is 0 Å². The number of nitrogens with one attached hydrogen (secondary N) is 1. The van der Waals surface area contributed by atoms with E-state index < -0.39 is 10.8 Å². The molecule has 0 spiro atoms. The average molecular weight is 417 g/mol. The molecule has 30 heavy (non-hydrogen) atoms. The van der Waals surface area contributed by atoms with Crippen LogP contribution in [-0.2, 0) is 17.3 Å². The van der Waals surface area contributed by atoms with Crippen molar-refractivity contribution in [1.82, 2.24) is 5.32 Å². The minimum Gasteiger partial charge on any atom is -0.349 e. The van der Waals surface area contributed by atoms with Crippen LogP contribution in [-0.4, -0.2) is 22.1 Å². The standard InChI is InChI=1S/C24H20N2O3S/c27-23(25-18-11-12-18)17-10-13-22-20(14-17)26(15-16-6-2-1-3-7-16)24(28)19-8-4-5-9-21(19)30(22)29/h1-10,13-14,18H,11-12,15H2,(H,25,27). The number of amides is 2. The van der Waals surface area contributed by atoms with Gasteiger partial charge in [0.1, 0.15) is 0 Å². The Bertz CT molecular complexity index is 1170. The molecule has 0 bridgehead atoms. The third-order valence-corrected chi connectivity index (χ3v) is 6.87. The molecule has 1 unspecified atom stereocenters. The third-order valence-electron chi connectivity index (χ3n) is 5.37. The first-order valence-electron chi connectivity index (χ1n) is 9.93. The number of hydrogen-bond donors (Lipinski definition) is 1. The fourth-order valence-corrected chi connectivity index (χ4v) is 4.97. The maximum absolute atomic E-state index is 13.5. The Morgan fingerprint density at radius 2 is 1.70 bits per heavy atom. The number of carbonyl (C=O) groups is 2. The van der Waals surface area contributed by atoms with E-state index in [-0.39, 0.29) is 17.9 Å². The fraction of sp³-hybridized carbons (Fsp3) is 0.167. The lowest BCUT2D eigenvalue weighted by Crippen LogP contribution is -2.31. The summed E-state index contributed by atoms with van der Waals surface area (Å²) >= 11 is 0. The minimum atomic E-state index is -1.52. The molecule has 0 saturated heterocycles. The second-order valence-electron chi connectivity index (χ2n) is 7.57. The molecule has 3 aromatic carbocycles. The van der Waals surface area contributed by atoms with Crippen LogP contribution in [0.25, 0.3) is 0 Å². The minimum absolute atomic E-state index is 0.167. The Morgan fingerprint density at radius 1 is 0.967 bits per heavy atom. The van der Waals surface area contributed by atoms with E-state index in [0.29, 0.717) is 33.2 Å². The van der Waals surface area contributed by atoms with Gasteiger partial charge in [0.2, 0.25) is 0 Å². The van der Waals surface area contributed by atoms with Crippen LogP contribution in [0.3, 0.4) is 0 Å². The van der Waals surface area contributed by atoms with Gasteiger partial charge in [-0.25, -0.2) is 4.21 Å². The lowest BCUT2D eigenvalue weighted by atomic mass is 10.1. The van der Waals surface area contributed by atoms with Gasteiger partial charge < -0.3 is 10.2 Å². The van der Waals surface area contributed by atoms with Gasteiger partial charge in [-0.1, -0.05) is 42.5 Å². The van der Waals surface area contributed by atoms with Crippen molar-refractivity contribution < 1.29 is 13.8 Å². The summed E-state index contributed by atoms with van der Waals surface area (Å²) in [5, 5.41) is 2.98. The van der Waals surface area contributed by atoms with Gasteiger partial charge in [-0.2, -0.15) is 0 Å². The highest BCUT2D eigenvalue weighted by Gasteiger charge is 2.32. The van der Waals surface area contributed by atoms with Crippen LogP contribution in [0, 0.1) is 0 Å². The van der Waals surface area contributed by atoms with Gasteiger partial charge in [-0.15, -0.1) is 0 Å². The fourth-order valence-electron chi connectivity index (χ4n) is 3.62. The van der Waals surface area contributed by atoms with Gasteiger partial charge in [-0.3, -0.25) is 9.59 Å². The summed E-state index contributed by atoms with van der Waals surface area (Å²) in [5.74, 6) is -0.388. The van der Waals surface area contributed by atoms with Crippen molar-refractivity contribution in [3.8, 4) is 0 Å². The van der Waals surface area contributed by atoms with Crippen molar-refractivity contribution in [2.45, 2.75) is 35.2 Å². The second-order valence-corrected chi connectivity index (χ2v) is 8.99. The quantitative estimate of drug-likeness (QED) is 0.701. The smallest absolute Gasteiger partial charge is 0.259 e. The molecule has 0 aromatic heterocycles. The maximum atomic E-state index is 13.5. The third kappa shape index (κ3) is 3.44. The molecule has 2 aliphatic rings. The molecule has 1 aliphatic heterocycles.